The van der Waals surface area contributed by atoms with Crippen molar-refractivity contribution >= 4 is 23.2 Å². The maximum atomic E-state index is 12.5. The summed E-state index contributed by atoms with van der Waals surface area (Å²) in [6, 6.07) is 4.19. The van der Waals surface area contributed by atoms with Gasteiger partial charge in [0.05, 0.1) is 17.5 Å². The number of benzene rings is 1. The third kappa shape index (κ3) is 2.92. The predicted octanol–water partition coefficient (Wildman–Crippen LogP) is -0.604. The lowest BCUT2D eigenvalue weighted by atomic mass is 10.1. The van der Waals surface area contributed by atoms with E-state index in [1.807, 2.05) is 19.0 Å². The van der Waals surface area contributed by atoms with Gasteiger partial charge in [0.15, 0.2) is 0 Å². The van der Waals surface area contributed by atoms with Crippen LogP contribution in [0.15, 0.2) is 18.2 Å². The molecule has 114 valence electrons. The fourth-order valence-electron chi connectivity index (χ4n) is 2.57. The van der Waals surface area contributed by atoms with Crippen LogP contribution in [-0.2, 0) is 4.79 Å². The zero-order valence-electron chi connectivity index (χ0n) is 12.1. The SMILES string of the molecule is CN(C)c1ccc(C(=O)N2CC(O)CC2C(N)=O)cc1N. The smallest absolute Gasteiger partial charge is 0.254 e. The molecule has 1 heterocycles. The number of likely N-dealkylation sites (tertiary alicyclic amines) is 1. The zero-order chi connectivity index (χ0) is 15.7. The molecule has 5 N–H and O–H groups in total. The fourth-order valence-corrected chi connectivity index (χ4v) is 2.57. The first-order valence-electron chi connectivity index (χ1n) is 6.66. The van der Waals surface area contributed by atoms with Crippen LogP contribution in [0.25, 0.3) is 0 Å². The standard InChI is InChI=1S/C14H20N4O3/c1-17(2)11-4-3-8(5-10(11)15)14(21)18-7-9(19)6-12(18)13(16)20/h3-5,9,12,19H,6-7,15H2,1-2H3,(H2,16,20). The Balaban J connectivity index is 2.27. The summed E-state index contributed by atoms with van der Waals surface area (Å²) >= 11 is 0. The Morgan fingerprint density at radius 3 is 2.57 bits per heavy atom. The fraction of sp³-hybridized carbons (Fsp3) is 0.429. The van der Waals surface area contributed by atoms with Crippen LogP contribution in [0, 0.1) is 0 Å². The van der Waals surface area contributed by atoms with E-state index >= 15 is 0 Å². The van der Waals surface area contributed by atoms with E-state index in [1.54, 1.807) is 18.2 Å². The lowest BCUT2D eigenvalue weighted by molar-refractivity contribution is -0.121. The number of nitrogen functional groups attached to an aromatic ring is 1. The summed E-state index contributed by atoms with van der Waals surface area (Å²) in [5.74, 6) is -0.967. The van der Waals surface area contributed by atoms with Crippen LogP contribution < -0.4 is 16.4 Å². The van der Waals surface area contributed by atoms with E-state index in [2.05, 4.69) is 0 Å². The number of primary amides is 1. The number of hydrogen-bond donors (Lipinski definition) is 3. The molecule has 21 heavy (non-hydrogen) atoms. The number of nitrogens with zero attached hydrogens (tertiary/aromatic N) is 2. The second kappa shape index (κ2) is 5.61. The summed E-state index contributed by atoms with van der Waals surface area (Å²) in [5, 5.41) is 9.65. The molecule has 0 spiro atoms. The van der Waals surface area contributed by atoms with Crippen molar-refractivity contribution < 1.29 is 14.7 Å². The molecule has 0 aromatic heterocycles. The van der Waals surface area contributed by atoms with Gasteiger partial charge in [-0.05, 0) is 18.2 Å². The van der Waals surface area contributed by atoms with Gasteiger partial charge in [-0.15, -0.1) is 0 Å². The number of rotatable bonds is 3. The molecule has 0 aliphatic carbocycles. The Labute approximate surface area is 123 Å². The Bertz CT molecular complexity index is 573. The lowest BCUT2D eigenvalue weighted by Crippen LogP contribution is -2.43. The number of β-amino-alcohol motifs (C(OH)–C–C–N with tert-alkyl or cyclic N) is 1. The number of carbonyl (C=O) groups is 2. The molecule has 2 atom stereocenters. The van der Waals surface area contributed by atoms with Crippen LogP contribution >= 0.6 is 0 Å². The van der Waals surface area contributed by atoms with E-state index in [0.29, 0.717) is 11.3 Å². The highest BCUT2D eigenvalue weighted by Crippen LogP contribution is 2.25. The lowest BCUT2D eigenvalue weighted by Gasteiger charge is -2.23. The van der Waals surface area contributed by atoms with Crippen molar-refractivity contribution in [2.45, 2.75) is 18.6 Å². The number of aliphatic hydroxyl groups excluding tert-OH is 1. The Kier molecular flexibility index (Phi) is 4.04. The monoisotopic (exact) mass is 292 g/mol. The first kappa shape index (κ1) is 15.1. The second-order valence-corrected chi connectivity index (χ2v) is 5.43. The van der Waals surface area contributed by atoms with Gasteiger partial charge in [-0.1, -0.05) is 0 Å². The van der Waals surface area contributed by atoms with Crippen LogP contribution in [0.1, 0.15) is 16.8 Å². The number of aliphatic hydroxyl groups is 1. The van der Waals surface area contributed by atoms with Gasteiger partial charge in [0.25, 0.3) is 5.91 Å². The Morgan fingerprint density at radius 2 is 2.05 bits per heavy atom. The first-order chi connectivity index (χ1) is 9.81. The molecule has 1 aromatic rings. The molecule has 7 heteroatoms. The third-order valence-electron chi connectivity index (χ3n) is 3.62. The normalized spacial score (nSPS) is 21.4. The maximum absolute atomic E-state index is 12.5. The molecule has 0 saturated carbocycles. The van der Waals surface area contributed by atoms with Gasteiger partial charge in [0.1, 0.15) is 6.04 Å². The van der Waals surface area contributed by atoms with Crippen LogP contribution in [0.4, 0.5) is 11.4 Å². The van der Waals surface area contributed by atoms with Gasteiger partial charge < -0.3 is 26.4 Å². The molecule has 1 aromatic carbocycles. The van der Waals surface area contributed by atoms with Crippen molar-refractivity contribution in [2.24, 2.45) is 5.73 Å². The molecule has 2 rings (SSSR count). The van der Waals surface area contributed by atoms with E-state index in [0.717, 1.165) is 5.69 Å². The number of anilines is 2. The molecule has 1 fully saturated rings. The van der Waals surface area contributed by atoms with Crippen molar-refractivity contribution in [2.75, 3.05) is 31.3 Å². The molecule has 0 bridgehead atoms. The maximum Gasteiger partial charge on any atom is 0.254 e. The van der Waals surface area contributed by atoms with E-state index < -0.39 is 18.1 Å². The molecule has 1 aliphatic rings. The summed E-state index contributed by atoms with van der Waals surface area (Å²) in [6.45, 7) is 0.0990. The highest BCUT2D eigenvalue weighted by Gasteiger charge is 2.38. The minimum atomic E-state index is -0.776. The van der Waals surface area contributed by atoms with Crippen LogP contribution in [0.3, 0.4) is 0 Å². The number of hydrogen-bond acceptors (Lipinski definition) is 5. The number of amides is 2. The van der Waals surface area contributed by atoms with E-state index in [1.165, 1.54) is 4.90 Å². The van der Waals surface area contributed by atoms with Crippen molar-refractivity contribution in [3.63, 3.8) is 0 Å². The van der Waals surface area contributed by atoms with Gasteiger partial charge >= 0.3 is 0 Å². The summed E-state index contributed by atoms with van der Waals surface area (Å²) in [4.78, 5) is 27.0. The Morgan fingerprint density at radius 1 is 1.38 bits per heavy atom. The van der Waals surface area contributed by atoms with Crippen LogP contribution in [0.2, 0.25) is 0 Å². The van der Waals surface area contributed by atoms with Gasteiger partial charge in [-0.2, -0.15) is 0 Å². The molecule has 2 amide bonds. The molecule has 2 unspecified atom stereocenters. The average molecular weight is 292 g/mol. The Hall–Kier alpha value is -2.28. The zero-order valence-corrected chi connectivity index (χ0v) is 12.1. The third-order valence-corrected chi connectivity index (χ3v) is 3.62. The molecule has 1 saturated heterocycles. The van der Waals surface area contributed by atoms with E-state index in [4.69, 9.17) is 11.5 Å². The van der Waals surface area contributed by atoms with Gasteiger partial charge in [-0.25, -0.2) is 0 Å². The first-order valence-corrected chi connectivity index (χ1v) is 6.66. The summed E-state index contributed by atoms with van der Waals surface area (Å²) < 4.78 is 0. The largest absolute Gasteiger partial charge is 0.397 e. The average Bonchev–Trinajstić information content (AvgIpc) is 2.79. The van der Waals surface area contributed by atoms with Gasteiger partial charge in [0.2, 0.25) is 5.91 Å². The topological polar surface area (TPSA) is 113 Å². The number of nitrogens with two attached hydrogens (primary N) is 2. The molecule has 1 aliphatic heterocycles. The highest BCUT2D eigenvalue weighted by molar-refractivity contribution is 5.99. The number of carbonyl (C=O) groups excluding carboxylic acids is 2. The molecule has 7 nitrogen and oxygen atoms in total. The summed E-state index contributed by atoms with van der Waals surface area (Å²) in [7, 11) is 3.71. The van der Waals surface area contributed by atoms with Crippen molar-refractivity contribution in [3.05, 3.63) is 23.8 Å². The minimum Gasteiger partial charge on any atom is -0.397 e. The molecular formula is C14H20N4O3. The van der Waals surface area contributed by atoms with Crippen molar-refractivity contribution in [1.82, 2.24) is 4.90 Å². The van der Waals surface area contributed by atoms with E-state index in [9.17, 15) is 14.7 Å². The molecular weight excluding hydrogens is 272 g/mol. The summed E-state index contributed by atoms with van der Waals surface area (Å²) in [5.41, 5.74) is 12.9. The highest BCUT2D eigenvalue weighted by atomic mass is 16.3. The second-order valence-electron chi connectivity index (χ2n) is 5.43. The predicted molar refractivity (Wildman–Crippen MR) is 79.8 cm³/mol. The van der Waals surface area contributed by atoms with Gasteiger partial charge in [0, 0.05) is 32.6 Å². The van der Waals surface area contributed by atoms with Crippen molar-refractivity contribution in [3.8, 4) is 0 Å². The van der Waals surface area contributed by atoms with Crippen LogP contribution in [-0.4, -0.2) is 54.6 Å². The van der Waals surface area contributed by atoms with Crippen LogP contribution in [0.5, 0.6) is 0 Å². The van der Waals surface area contributed by atoms with Crippen molar-refractivity contribution in [1.29, 1.82) is 0 Å². The molecule has 0 radical (unpaired) electrons. The van der Waals surface area contributed by atoms with E-state index in [-0.39, 0.29) is 18.9 Å². The minimum absolute atomic E-state index is 0.0990. The van der Waals surface area contributed by atoms with Gasteiger partial charge in [-0.3, -0.25) is 9.59 Å². The quantitative estimate of drug-likeness (QED) is 0.644. The summed E-state index contributed by atoms with van der Waals surface area (Å²) in [6.07, 6.45) is -0.559.